The number of halogens is 1. The summed E-state index contributed by atoms with van der Waals surface area (Å²) in [4.78, 5) is 22.4. The van der Waals surface area contributed by atoms with Gasteiger partial charge in [-0.3, -0.25) is 14.9 Å². The second-order valence-corrected chi connectivity index (χ2v) is 6.92. The molecular weight excluding hydrogens is 392 g/mol. The van der Waals surface area contributed by atoms with E-state index in [9.17, 15) is 14.9 Å². The van der Waals surface area contributed by atoms with Crippen LogP contribution in [-0.4, -0.2) is 21.6 Å². The van der Waals surface area contributed by atoms with Gasteiger partial charge in [-0.2, -0.15) is 5.10 Å². The number of carbonyl (C=O) groups is 1. The zero-order valence-electron chi connectivity index (χ0n) is 15.9. The third-order valence-electron chi connectivity index (χ3n) is 4.46. The van der Waals surface area contributed by atoms with Gasteiger partial charge in [0.2, 0.25) is 5.91 Å². The number of benzene rings is 2. The summed E-state index contributed by atoms with van der Waals surface area (Å²) in [5.41, 5.74) is 6.61. The largest absolute Gasteiger partial charge is 0.318 e. The molecule has 0 fully saturated rings. The second-order valence-electron chi connectivity index (χ2n) is 6.51. The van der Waals surface area contributed by atoms with Crippen molar-refractivity contribution in [2.24, 2.45) is 5.10 Å². The summed E-state index contributed by atoms with van der Waals surface area (Å²) in [5.74, 6) is -0.205. The number of aryl methyl sites for hydroxylation is 1. The van der Waals surface area contributed by atoms with Crippen molar-refractivity contribution < 1.29 is 9.72 Å². The predicted octanol–water partition coefficient (Wildman–Crippen LogP) is 4.35. The van der Waals surface area contributed by atoms with Gasteiger partial charge >= 0.3 is 0 Å². The van der Waals surface area contributed by atoms with Crippen molar-refractivity contribution in [2.45, 2.75) is 20.3 Å². The normalized spacial score (nSPS) is 11.0. The Hall–Kier alpha value is -3.45. The molecule has 0 bridgehead atoms. The van der Waals surface area contributed by atoms with Crippen LogP contribution in [0.25, 0.3) is 5.69 Å². The van der Waals surface area contributed by atoms with Gasteiger partial charge in [0.1, 0.15) is 5.02 Å². The van der Waals surface area contributed by atoms with Crippen LogP contribution in [0.5, 0.6) is 0 Å². The van der Waals surface area contributed by atoms with E-state index in [1.54, 1.807) is 18.3 Å². The predicted molar refractivity (Wildman–Crippen MR) is 113 cm³/mol. The monoisotopic (exact) mass is 410 g/mol. The number of rotatable bonds is 6. The van der Waals surface area contributed by atoms with E-state index in [-0.39, 0.29) is 23.0 Å². The molecule has 0 saturated carbocycles. The number of hydrogen-bond donors (Lipinski definition) is 1. The zero-order valence-corrected chi connectivity index (χ0v) is 16.7. The first-order valence-electron chi connectivity index (χ1n) is 8.86. The molecule has 1 amide bonds. The van der Waals surface area contributed by atoms with Gasteiger partial charge in [-0.05, 0) is 37.6 Å². The molecule has 0 unspecified atom stereocenters. The third-order valence-corrected chi connectivity index (χ3v) is 4.76. The molecule has 0 saturated heterocycles. The Bertz CT molecular complexity index is 1090. The minimum absolute atomic E-state index is 0.0726. The number of nitro benzene ring substituents is 1. The highest BCUT2D eigenvalue weighted by Crippen LogP contribution is 2.28. The Labute approximate surface area is 172 Å². The maximum atomic E-state index is 12.0. The van der Waals surface area contributed by atoms with E-state index < -0.39 is 4.92 Å². The maximum Gasteiger partial charge on any atom is 0.288 e. The van der Waals surface area contributed by atoms with Crippen LogP contribution in [0.1, 0.15) is 22.5 Å². The van der Waals surface area contributed by atoms with Crippen LogP contribution in [-0.2, 0) is 11.2 Å². The van der Waals surface area contributed by atoms with Gasteiger partial charge in [-0.1, -0.05) is 41.9 Å². The molecule has 0 aliphatic carbocycles. The molecular formula is C21H19ClN4O3. The number of aromatic nitrogens is 1. The van der Waals surface area contributed by atoms with E-state index in [4.69, 9.17) is 11.6 Å². The first-order chi connectivity index (χ1) is 13.9. The van der Waals surface area contributed by atoms with Crippen molar-refractivity contribution in [3.63, 3.8) is 0 Å². The van der Waals surface area contributed by atoms with Crippen LogP contribution in [0.3, 0.4) is 0 Å². The number of nitro groups is 1. The van der Waals surface area contributed by atoms with Crippen LogP contribution in [0, 0.1) is 24.0 Å². The van der Waals surface area contributed by atoms with E-state index in [0.29, 0.717) is 5.69 Å². The highest BCUT2D eigenvalue weighted by atomic mass is 35.5. The van der Waals surface area contributed by atoms with Crippen LogP contribution < -0.4 is 5.43 Å². The molecule has 0 radical (unpaired) electrons. The quantitative estimate of drug-likeness (QED) is 0.372. The number of amides is 1. The van der Waals surface area contributed by atoms with Crippen molar-refractivity contribution >= 4 is 29.4 Å². The van der Waals surface area contributed by atoms with Crippen molar-refractivity contribution in [3.8, 4) is 5.69 Å². The lowest BCUT2D eigenvalue weighted by atomic mass is 10.1. The first kappa shape index (κ1) is 20.3. The fourth-order valence-electron chi connectivity index (χ4n) is 3.09. The lowest BCUT2D eigenvalue weighted by molar-refractivity contribution is -0.384. The molecule has 0 aliphatic rings. The highest BCUT2D eigenvalue weighted by Gasteiger charge is 2.15. The smallest absolute Gasteiger partial charge is 0.288 e. The number of hydrazone groups is 1. The average molecular weight is 411 g/mol. The molecule has 2 aromatic carbocycles. The van der Waals surface area contributed by atoms with E-state index in [1.807, 2.05) is 54.8 Å². The number of hydrogen-bond acceptors (Lipinski definition) is 4. The zero-order chi connectivity index (χ0) is 21.0. The highest BCUT2D eigenvalue weighted by molar-refractivity contribution is 6.32. The van der Waals surface area contributed by atoms with Crippen molar-refractivity contribution in [1.82, 2.24) is 9.99 Å². The minimum atomic E-state index is -0.516. The Morgan fingerprint density at radius 1 is 1.21 bits per heavy atom. The molecule has 0 aliphatic heterocycles. The molecule has 3 aromatic rings. The van der Waals surface area contributed by atoms with Crippen molar-refractivity contribution in [1.29, 1.82) is 0 Å². The van der Waals surface area contributed by atoms with Crippen molar-refractivity contribution in [2.75, 3.05) is 0 Å². The number of nitrogens with zero attached hydrogens (tertiary/aromatic N) is 3. The Morgan fingerprint density at radius 3 is 2.59 bits per heavy atom. The summed E-state index contributed by atoms with van der Waals surface area (Å²) in [6.45, 7) is 3.81. The third kappa shape index (κ3) is 4.70. The van der Waals surface area contributed by atoms with Crippen LogP contribution >= 0.6 is 11.6 Å². The molecule has 148 valence electrons. The van der Waals surface area contributed by atoms with E-state index in [1.165, 1.54) is 6.07 Å². The van der Waals surface area contributed by atoms with Crippen LogP contribution in [0.2, 0.25) is 5.02 Å². The summed E-state index contributed by atoms with van der Waals surface area (Å²) >= 11 is 6.04. The number of nitrogens with one attached hydrogen (secondary N) is 1. The molecule has 7 nitrogen and oxygen atoms in total. The Balaban J connectivity index is 1.75. The number of carbonyl (C=O) groups excluding carboxylic acids is 1. The molecule has 1 aromatic heterocycles. The molecule has 1 N–H and O–H groups in total. The molecule has 8 heteroatoms. The maximum absolute atomic E-state index is 12.0. The second kappa shape index (κ2) is 8.70. The summed E-state index contributed by atoms with van der Waals surface area (Å²) in [6, 6.07) is 15.9. The van der Waals surface area contributed by atoms with Gasteiger partial charge in [-0.15, -0.1) is 0 Å². The fraction of sp³-hybridized carbons (Fsp3) is 0.143. The standard InChI is InChI=1S/C21H19ClN4O3/c1-14-10-17(13-23-24-21(27)11-16-6-4-3-5-7-16)15(2)25(14)18-8-9-20(26(28)29)19(22)12-18/h3-10,12-13H,11H2,1-2H3,(H,24,27)/b23-13+. The van der Waals surface area contributed by atoms with Gasteiger partial charge in [0.25, 0.3) is 5.69 Å². The molecule has 3 rings (SSSR count). The van der Waals surface area contributed by atoms with Crippen molar-refractivity contribution in [3.05, 3.63) is 92.2 Å². The van der Waals surface area contributed by atoms with Gasteiger partial charge in [0.15, 0.2) is 0 Å². The lowest BCUT2D eigenvalue weighted by Crippen LogP contribution is -2.19. The molecule has 29 heavy (non-hydrogen) atoms. The van der Waals surface area contributed by atoms with Gasteiger partial charge < -0.3 is 4.57 Å². The van der Waals surface area contributed by atoms with E-state index in [2.05, 4.69) is 10.5 Å². The van der Waals surface area contributed by atoms with Crippen LogP contribution in [0.4, 0.5) is 5.69 Å². The fourth-order valence-corrected chi connectivity index (χ4v) is 3.34. The summed E-state index contributed by atoms with van der Waals surface area (Å²) in [6.07, 6.45) is 1.83. The Kier molecular flexibility index (Phi) is 6.09. The van der Waals surface area contributed by atoms with E-state index in [0.717, 1.165) is 22.5 Å². The van der Waals surface area contributed by atoms with Gasteiger partial charge in [-0.25, -0.2) is 5.43 Å². The summed E-state index contributed by atoms with van der Waals surface area (Å²) < 4.78 is 1.92. The minimum Gasteiger partial charge on any atom is -0.318 e. The Morgan fingerprint density at radius 2 is 1.93 bits per heavy atom. The molecule has 0 spiro atoms. The molecule has 0 atom stereocenters. The van der Waals surface area contributed by atoms with Gasteiger partial charge in [0, 0.05) is 28.7 Å². The topological polar surface area (TPSA) is 89.5 Å². The SMILES string of the molecule is Cc1cc(/C=N/NC(=O)Cc2ccccc2)c(C)n1-c1ccc([N+](=O)[O-])c(Cl)c1. The van der Waals surface area contributed by atoms with Crippen LogP contribution in [0.15, 0.2) is 59.7 Å². The van der Waals surface area contributed by atoms with E-state index >= 15 is 0 Å². The first-order valence-corrected chi connectivity index (χ1v) is 9.23. The summed E-state index contributed by atoms with van der Waals surface area (Å²) in [5, 5.41) is 15.1. The average Bonchev–Trinajstić information content (AvgIpc) is 2.95. The molecule has 1 heterocycles. The van der Waals surface area contributed by atoms with Gasteiger partial charge in [0.05, 0.1) is 17.6 Å². The lowest BCUT2D eigenvalue weighted by Gasteiger charge is -2.10. The summed E-state index contributed by atoms with van der Waals surface area (Å²) in [7, 11) is 0.